The molecule has 3 heterocycles. The lowest BCUT2D eigenvalue weighted by molar-refractivity contribution is 0.0471. The molecule has 174 valence electrons. The number of hydrogen-bond donors (Lipinski definition) is 1. The lowest BCUT2D eigenvalue weighted by Gasteiger charge is -2.44. The summed E-state index contributed by atoms with van der Waals surface area (Å²) in [5.74, 6) is 0.822. The predicted molar refractivity (Wildman–Crippen MR) is 123 cm³/mol. The normalized spacial score (nSPS) is 27.8. The second kappa shape index (κ2) is 9.30. The Morgan fingerprint density at radius 2 is 1.69 bits per heavy atom. The summed E-state index contributed by atoms with van der Waals surface area (Å²) in [6, 6.07) is 9.32. The zero-order chi connectivity index (χ0) is 22.1. The molecule has 0 unspecified atom stereocenters. The highest BCUT2D eigenvalue weighted by Crippen LogP contribution is 2.33. The zero-order valence-corrected chi connectivity index (χ0v) is 19.2. The number of carbonyl (C=O) groups excluding carboxylic acids is 2. The van der Waals surface area contributed by atoms with Gasteiger partial charge in [0.2, 0.25) is 0 Å². The molecule has 0 radical (unpaired) electrons. The zero-order valence-electron chi connectivity index (χ0n) is 19.2. The van der Waals surface area contributed by atoms with Gasteiger partial charge in [-0.3, -0.25) is 4.79 Å². The van der Waals surface area contributed by atoms with Crippen LogP contribution < -0.4 is 10.1 Å². The highest BCUT2D eigenvalue weighted by atomic mass is 16.5. The lowest BCUT2D eigenvalue weighted by Crippen LogP contribution is -2.53. The van der Waals surface area contributed by atoms with Gasteiger partial charge in [-0.2, -0.15) is 0 Å². The molecule has 4 aliphatic rings. The van der Waals surface area contributed by atoms with Crippen molar-refractivity contribution >= 4 is 11.9 Å². The molecule has 3 aliphatic heterocycles. The van der Waals surface area contributed by atoms with Gasteiger partial charge in [-0.15, -0.1) is 0 Å². The summed E-state index contributed by atoms with van der Waals surface area (Å²) in [5, 5.41) is 3.24. The number of urea groups is 1. The van der Waals surface area contributed by atoms with Crippen molar-refractivity contribution in [2.75, 3.05) is 33.3 Å². The fourth-order valence-electron chi connectivity index (χ4n) is 6.33. The van der Waals surface area contributed by atoms with Gasteiger partial charge in [-0.1, -0.05) is 18.9 Å². The Labute approximate surface area is 191 Å². The van der Waals surface area contributed by atoms with Crippen molar-refractivity contribution in [1.82, 2.24) is 20.0 Å². The van der Waals surface area contributed by atoms with E-state index >= 15 is 0 Å². The van der Waals surface area contributed by atoms with Crippen molar-refractivity contribution in [2.45, 2.75) is 75.5 Å². The van der Waals surface area contributed by atoms with Gasteiger partial charge in [0, 0.05) is 43.8 Å². The van der Waals surface area contributed by atoms with Gasteiger partial charge in [0.05, 0.1) is 19.2 Å². The van der Waals surface area contributed by atoms with Crippen LogP contribution in [0.4, 0.5) is 4.79 Å². The minimum atomic E-state index is 0.100. The number of piperidine rings is 2. The van der Waals surface area contributed by atoms with E-state index in [1.165, 1.54) is 12.8 Å². The molecule has 1 aliphatic carbocycles. The van der Waals surface area contributed by atoms with Crippen molar-refractivity contribution in [3.05, 3.63) is 29.8 Å². The quantitative estimate of drug-likeness (QED) is 0.781. The van der Waals surface area contributed by atoms with Gasteiger partial charge in [0.15, 0.2) is 0 Å². The van der Waals surface area contributed by atoms with Crippen molar-refractivity contribution in [2.24, 2.45) is 0 Å². The maximum Gasteiger partial charge on any atom is 0.318 e. The maximum atomic E-state index is 12.9. The third-order valence-corrected chi connectivity index (χ3v) is 8.11. The molecule has 1 saturated carbocycles. The van der Waals surface area contributed by atoms with Crippen molar-refractivity contribution < 1.29 is 14.3 Å². The van der Waals surface area contributed by atoms with Crippen molar-refractivity contribution in [1.29, 1.82) is 0 Å². The number of amides is 3. The first-order valence-electron chi connectivity index (χ1n) is 12.4. The number of benzene rings is 1. The highest BCUT2D eigenvalue weighted by Gasteiger charge is 2.44. The number of fused-ring (bicyclic) bond motifs is 1. The van der Waals surface area contributed by atoms with Crippen LogP contribution in [0, 0.1) is 0 Å². The fraction of sp³-hybridized carbons (Fsp3) is 0.680. The van der Waals surface area contributed by atoms with Gasteiger partial charge in [-0.25, -0.2) is 4.79 Å². The van der Waals surface area contributed by atoms with Crippen molar-refractivity contribution in [3.63, 3.8) is 0 Å². The molecule has 0 spiro atoms. The van der Waals surface area contributed by atoms with Crippen LogP contribution in [0.3, 0.4) is 0 Å². The summed E-state index contributed by atoms with van der Waals surface area (Å²) in [7, 11) is 1.63. The number of methoxy groups -OCH3 is 1. The molecule has 1 aromatic carbocycles. The van der Waals surface area contributed by atoms with E-state index in [4.69, 9.17) is 4.74 Å². The predicted octanol–water partition coefficient (Wildman–Crippen LogP) is 3.10. The number of nitrogens with one attached hydrogen (secondary N) is 1. The molecule has 3 amide bonds. The number of nitrogens with zero attached hydrogens (tertiary/aromatic N) is 3. The molecule has 7 nitrogen and oxygen atoms in total. The summed E-state index contributed by atoms with van der Waals surface area (Å²) in [6.07, 6.45) is 8.97. The first-order chi connectivity index (χ1) is 15.6. The van der Waals surface area contributed by atoms with E-state index in [9.17, 15) is 9.59 Å². The largest absolute Gasteiger partial charge is 0.497 e. The Bertz CT molecular complexity index is 830. The highest BCUT2D eigenvalue weighted by molar-refractivity contribution is 5.94. The average Bonchev–Trinajstić information content (AvgIpc) is 3.19. The monoisotopic (exact) mass is 440 g/mol. The first kappa shape index (κ1) is 21.6. The number of rotatable bonds is 4. The Hall–Kier alpha value is -2.28. The van der Waals surface area contributed by atoms with E-state index in [-0.39, 0.29) is 11.9 Å². The molecule has 2 atom stereocenters. The van der Waals surface area contributed by atoms with Gasteiger partial charge in [-0.05, 0) is 56.7 Å². The van der Waals surface area contributed by atoms with Crippen LogP contribution in [-0.4, -0.2) is 84.1 Å². The molecule has 5 rings (SSSR count). The molecule has 0 bridgehead atoms. The summed E-state index contributed by atoms with van der Waals surface area (Å²) in [6.45, 7) is 3.72. The van der Waals surface area contributed by atoms with Crippen LogP contribution >= 0.6 is 0 Å². The van der Waals surface area contributed by atoms with E-state index in [1.54, 1.807) is 7.11 Å². The molecule has 1 N–H and O–H groups in total. The molecule has 0 aromatic heterocycles. The Balaban J connectivity index is 1.12. The third-order valence-electron chi connectivity index (χ3n) is 8.11. The summed E-state index contributed by atoms with van der Waals surface area (Å²) >= 11 is 0. The number of hydrogen-bond acceptors (Lipinski definition) is 4. The summed E-state index contributed by atoms with van der Waals surface area (Å²) < 4.78 is 5.26. The van der Waals surface area contributed by atoms with Gasteiger partial charge in [0.25, 0.3) is 5.91 Å². The van der Waals surface area contributed by atoms with E-state index < -0.39 is 0 Å². The average molecular weight is 441 g/mol. The van der Waals surface area contributed by atoms with Crippen LogP contribution in [0.1, 0.15) is 61.7 Å². The molecule has 7 heteroatoms. The minimum Gasteiger partial charge on any atom is -0.497 e. The third kappa shape index (κ3) is 4.19. The smallest absolute Gasteiger partial charge is 0.318 e. The van der Waals surface area contributed by atoms with Crippen LogP contribution in [-0.2, 0) is 0 Å². The van der Waals surface area contributed by atoms with Gasteiger partial charge >= 0.3 is 6.03 Å². The molecule has 4 fully saturated rings. The van der Waals surface area contributed by atoms with E-state index in [0.29, 0.717) is 29.7 Å². The molecular formula is C25H36N4O3. The van der Waals surface area contributed by atoms with Gasteiger partial charge in [0.1, 0.15) is 5.75 Å². The minimum absolute atomic E-state index is 0.100. The topological polar surface area (TPSA) is 65.1 Å². The maximum absolute atomic E-state index is 12.9. The van der Waals surface area contributed by atoms with Crippen molar-refractivity contribution in [3.8, 4) is 5.75 Å². The molecule has 3 saturated heterocycles. The number of ether oxygens (including phenoxy) is 1. The Kier molecular flexibility index (Phi) is 6.26. The number of carbonyl (C=O) groups is 2. The van der Waals surface area contributed by atoms with E-state index in [2.05, 4.69) is 15.1 Å². The Morgan fingerprint density at radius 3 is 2.44 bits per heavy atom. The Morgan fingerprint density at radius 1 is 0.969 bits per heavy atom. The van der Waals surface area contributed by atoms with Gasteiger partial charge < -0.3 is 24.8 Å². The van der Waals surface area contributed by atoms with E-state index in [0.717, 1.165) is 70.5 Å². The first-order valence-corrected chi connectivity index (χ1v) is 12.4. The second-order valence-corrected chi connectivity index (χ2v) is 9.84. The van der Waals surface area contributed by atoms with Crippen LogP contribution in [0.2, 0.25) is 0 Å². The molecule has 1 aromatic rings. The number of likely N-dealkylation sites (tertiary alicyclic amines) is 2. The van der Waals surface area contributed by atoms with Crippen LogP contribution in [0.25, 0.3) is 0 Å². The summed E-state index contributed by atoms with van der Waals surface area (Å²) in [5.41, 5.74) is 0.702. The standard InChI is InChI=1S/C25H36N4O3/c1-32-21-6-4-5-18(17-21)24(30)28-15-9-19(10-16-28)27-13-11-20(12-14-27)29-23-8-3-2-7-22(23)26-25(29)31/h4-6,17,19-20,22-23H,2-3,7-16H2,1H3,(H,26,31)/t22-,23-/m0/s1. The molecule has 32 heavy (non-hydrogen) atoms. The molecular weight excluding hydrogens is 404 g/mol. The summed E-state index contributed by atoms with van der Waals surface area (Å²) in [4.78, 5) is 32.3. The lowest BCUT2D eigenvalue weighted by atomic mass is 9.89. The van der Waals surface area contributed by atoms with E-state index in [1.807, 2.05) is 29.2 Å². The SMILES string of the molecule is COc1cccc(C(=O)N2CCC(N3CCC(N4C(=O)N[C@H]5CCCC[C@@H]54)CC3)CC2)c1. The fourth-order valence-corrected chi connectivity index (χ4v) is 6.33. The van der Waals surface area contributed by atoms with Crippen LogP contribution in [0.5, 0.6) is 5.75 Å². The second-order valence-electron chi connectivity index (χ2n) is 9.84. The van der Waals surface area contributed by atoms with Crippen LogP contribution in [0.15, 0.2) is 24.3 Å².